The zero-order valence-corrected chi connectivity index (χ0v) is 17.2. The molecule has 25 heavy (non-hydrogen) atoms. The molecule has 0 aromatic heterocycles. The highest BCUT2D eigenvalue weighted by molar-refractivity contribution is 7.88. The summed E-state index contributed by atoms with van der Waals surface area (Å²) in [5.41, 5.74) is 0.451. The monoisotopic (exact) mass is 372 g/mol. The second-order valence-electron chi connectivity index (χ2n) is 8.36. The Morgan fingerprint density at radius 1 is 1.24 bits per heavy atom. The molecule has 0 unspecified atom stereocenters. The third kappa shape index (κ3) is 6.13. The predicted octanol–water partition coefficient (Wildman–Crippen LogP) is 2.04. The molecular formula is C18H36N4O2S. The Morgan fingerprint density at radius 2 is 1.88 bits per heavy atom. The van der Waals surface area contributed by atoms with Crippen LogP contribution in [0.2, 0.25) is 0 Å². The van der Waals surface area contributed by atoms with Crippen molar-refractivity contribution in [3.05, 3.63) is 0 Å². The zero-order chi connectivity index (χ0) is 18.5. The zero-order valence-electron chi connectivity index (χ0n) is 16.3. The van der Waals surface area contributed by atoms with Gasteiger partial charge in [0.05, 0.1) is 6.26 Å². The first-order valence-corrected chi connectivity index (χ1v) is 11.5. The fourth-order valence-electron chi connectivity index (χ4n) is 4.17. The van der Waals surface area contributed by atoms with Gasteiger partial charge in [0.1, 0.15) is 0 Å². The van der Waals surface area contributed by atoms with Gasteiger partial charge in [0.2, 0.25) is 10.0 Å². The Labute approximate surface area is 153 Å². The SMILES string of the molecule is CN=C(NCC1CCN(S(C)(=O)=O)CC1)NCC1(CC(C)C)CCC1. The number of nitrogens with zero attached hydrogens (tertiary/aromatic N) is 2. The first kappa shape index (κ1) is 20.5. The first-order valence-electron chi connectivity index (χ1n) is 9.64. The van der Waals surface area contributed by atoms with Crippen LogP contribution < -0.4 is 10.6 Å². The molecule has 1 aliphatic heterocycles. The van der Waals surface area contributed by atoms with Crippen LogP contribution in [0.25, 0.3) is 0 Å². The molecule has 0 atom stereocenters. The van der Waals surface area contributed by atoms with E-state index in [2.05, 4.69) is 29.5 Å². The van der Waals surface area contributed by atoms with Crippen LogP contribution in [-0.4, -0.2) is 58.2 Å². The van der Waals surface area contributed by atoms with Crippen molar-refractivity contribution in [1.82, 2.24) is 14.9 Å². The molecule has 0 aromatic rings. The lowest BCUT2D eigenvalue weighted by Crippen LogP contribution is -2.48. The molecule has 2 rings (SSSR count). The molecule has 146 valence electrons. The number of rotatable bonds is 7. The quantitative estimate of drug-likeness (QED) is 0.530. The fourth-order valence-corrected chi connectivity index (χ4v) is 5.05. The Kier molecular flexibility index (Phi) is 7.14. The predicted molar refractivity (Wildman–Crippen MR) is 104 cm³/mol. The summed E-state index contributed by atoms with van der Waals surface area (Å²) in [5.74, 6) is 2.11. The normalized spacial score (nSPS) is 22.7. The number of nitrogens with one attached hydrogen (secondary N) is 2. The average Bonchev–Trinajstić information content (AvgIpc) is 2.51. The van der Waals surface area contributed by atoms with Crippen LogP contribution in [0, 0.1) is 17.3 Å². The third-order valence-electron chi connectivity index (χ3n) is 5.71. The van der Waals surface area contributed by atoms with Crippen molar-refractivity contribution in [2.75, 3.05) is 39.5 Å². The second-order valence-corrected chi connectivity index (χ2v) is 10.3. The van der Waals surface area contributed by atoms with Gasteiger partial charge in [0, 0.05) is 33.2 Å². The minimum atomic E-state index is -3.04. The second kappa shape index (κ2) is 8.71. The summed E-state index contributed by atoms with van der Waals surface area (Å²) in [5, 5.41) is 6.96. The fraction of sp³-hybridized carbons (Fsp3) is 0.944. The molecule has 1 heterocycles. The van der Waals surface area contributed by atoms with E-state index in [1.54, 1.807) is 4.31 Å². The maximum Gasteiger partial charge on any atom is 0.211 e. The summed E-state index contributed by atoms with van der Waals surface area (Å²) in [4.78, 5) is 4.36. The molecule has 2 N–H and O–H groups in total. The molecule has 0 amide bonds. The summed E-state index contributed by atoms with van der Waals surface area (Å²) in [6.07, 6.45) is 8.38. The van der Waals surface area contributed by atoms with Crippen LogP contribution in [0.5, 0.6) is 0 Å². The highest BCUT2D eigenvalue weighted by atomic mass is 32.2. The van der Waals surface area contributed by atoms with E-state index in [0.29, 0.717) is 24.4 Å². The van der Waals surface area contributed by atoms with E-state index in [4.69, 9.17) is 0 Å². The number of piperidine rings is 1. The Balaban J connectivity index is 1.72. The van der Waals surface area contributed by atoms with Crippen molar-refractivity contribution in [2.24, 2.45) is 22.2 Å². The molecule has 0 bridgehead atoms. The summed E-state index contributed by atoms with van der Waals surface area (Å²) in [6, 6.07) is 0. The van der Waals surface area contributed by atoms with Gasteiger partial charge in [-0.05, 0) is 49.4 Å². The Hall–Kier alpha value is -0.820. The van der Waals surface area contributed by atoms with E-state index >= 15 is 0 Å². The van der Waals surface area contributed by atoms with E-state index in [1.807, 2.05) is 7.05 Å². The maximum absolute atomic E-state index is 11.6. The van der Waals surface area contributed by atoms with Gasteiger partial charge in [-0.15, -0.1) is 0 Å². The van der Waals surface area contributed by atoms with Crippen molar-refractivity contribution >= 4 is 16.0 Å². The standard InChI is InChI=1S/C18H36N4O2S/c1-15(2)12-18(8-5-9-18)14-21-17(19-3)20-13-16-6-10-22(11-7-16)25(4,23)24/h15-16H,5-14H2,1-4H3,(H2,19,20,21). The van der Waals surface area contributed by atoms with Crippen LogP contribution >= 0.6 is 0 Å². The number of guanidine groups is 1. The van der Waals surface area contributed by atoms with Crippen molar-refractivity contribution in [3.8, 4) is 0 Å². The Morgan fingerprint density at radius 3 is 2.32 bits per heavy atom. The van der Waals surface area contributed by atoms with E-state index in [9.17, 15) is 8.42 Å². The van der Waals surface area contributed by atoms with E-state index < -0.39 is 10.0 Å². The highest BCUT2D eigenvalue weighted by Crippen LogP contribution is 2.45. The minimum absolute atomic E-state index is 0.451. The molecule has 0 aromatic carbocycles. The maximum atomic E-state index is 11.6. The lowest BCUT2D eigenvalue weighted by molar-refractivity contribution is 0.104. The molecule has 1 saturated heterocycles. The molecule has 2 fully saturated rings. The van der Waals surface area contributed by atoms with Gasteiger partial charge >= 0.3 is 0 Å². The van der Waals surface area contributed by atoms with Gasteiger partial charge in [-0.25, -0.2) is 12.7 Å². The molecular weight excluding hydrogens is 336 g/mol. The third-order valence-corrected chi connectivity index (χ3v) is 7.01. The molecule has 2 aliphatic rings. The average molecular weight is 373 g/mol. The topological polar surface area (TPSA) is 73.8 Å². The minimum Gasteiger partial charge on any atom is -0.356 e. The molecule has 0 radical (unpaired) electrons. The largest absolute Gasteiger partial charge is 0.356 e. The van der Waals surface area contributed by atoms with Gasteiger partial charge < -0.3 is 10.6 Å². The van der Waals surface area contributed by atoms with Crippen molar-refractivity contribution in [1.29, 1.82) is 0 Å². The van der Waals surface area contributed by atoms with Crippen LogP contribution in [0.3, 0.4) is 0 Å². The smallest absolute Gasteiger partial charge is 0.211 e. The summed E-state index contributed by atoms with van der Waals surface area (Å²) in [6.45, 7) is 7.72. The van der Waals surface area contributed by atoms with Crippen LogP contribution in [0.4, 0.5) is 0 Å². The van der Waals surface area contributed by atoms with E-state index in [0.717, 1.165) is 37.8 Å². The first-order chi connectivity index (χ1) is 11.7. The molecule has 1 saturated carbocycles. The van der Waals surface area contributed by atoms with Gasteiger partial charge in [0.25, 0.3) is 0 Å². The molecule has 6 nitrogen and oxygen atoms in total. The van der Waals surface area contributed by atoms with E-state index in [-0.39, 0.29) is 0 Å². The van der Waals surface area contributed by atoms with Gasteiger partial charge in [0.15, 0.2) is 5.96 Å². The summed E-state index contributed by atoms with van der Waals surface area (Å²) in [7, 11) is -1.22. The number of hydrogen-bond donors (Lipinski definition) is 2. The van der Waals surface area contributed by atoms with E-state index in [1.165, 1.54) is 31.9 Å². The highest BCUT2D eigenvalue weighted by Gasteiger charge is 2.37. The van der Waals surface area contributed by atoms with Crippen LogP contribution in [0.15, 0.2) is 4.99 Å². The number of aliphatic imine (C=N–C) groups is 1. The van der Waals surface area contributed by atoms with Gasteiger partial charge in [-0.2, -0.15) is 0 Å². The van der Waals surface area contributed by atoms with Crippen LogP contribution in [0.1, 0.15) is 52.4 Å². The van der Waals surface area contributed by atoms with Crippen molar-refractivity contribution in [3.63, 3.8) is 0 Å². The Bertz CT molecular complexity index is 547. The number of hydrogen-bond acceptors (Lipinski definition) is 3. The summed E-state index contributed by atoms with van der Waals surface area (Å²) < 4.78 is 24.7. The van der Waals surface area contributed by atoms with Gasteiger partial charge in [-0.1, -0.05) is 20.3 Å². The molecule has 1 aliphatic carbocycles. The summed E-state index contributed by atoms with van der Waals surface area (Å²) >= 11 is 0. The van der Waals surface area contributed by atoms with Crippen molar-refractivity contribution < 1.29 is 8.42 Å². The lowest BCUT2D eigenvalue weighted by Gasteiger charge is -2.43. The lowest BCUT2D eigenvalue weighted by atomic mass is 9.64. The molecule has 7 heteroatoms. The van der Waals surface area contributed by atoms with Gasteiger partial charge in [-0.3, -0.25) is 4.99 Å². The van der Waals surface area contributed by atoms with Crippen molar-refractivity contribution in [2.45, 2.75) is 52.4 Å². The molecule has 0 spiro atoms. The van der Waals surface area contributed by atoms with Crippen LogP contribution in [-0.2, 0) is 10.0 Å². The number of sulfonamides is 1.